The maximum Gasteiger partial charge on any atom is 0.283 e. The van der Waals surface area contributed by atoms with Gasteiger partial charge in [-0.25, -0.2) is 9.37 Å². The lowest BCUT2D eigenvalue weighted by Gasteiger charge is -2.34. The molecule has 1 atom stereocenters. The molecule has 0 saturated carbocycles. The number of ether oxygens (including phenoxy) is 1. The van der Waals surface area contributed by atoms with Crippen LogP contribution in [0.25, 0.3) is 11.3 Å². The van der Waals surface area contributed by atoms with E-state index < -0.39 is 0 Å². The zero-order valence-electron chi connectivity index (χ0n) is 12.8. The van der Waals surface area contributed by atoms with E-state index in [1.54, 1.807) is 16.3 Å². The standard InChI is InChI=1S/C16H18FN3O2S/c1-10-2-3-12(13(17)6-10)14-9-23-15(19-14)16(21)20-4-5-22-8-11(20)7-18/h2-3,6,9,11H,4-5,7-8,18H2,1H3/t11-/m0/s1. The Morgan fingerprint density at radius 3 is 3.13 bits per heavy atom. The van der Waals surface area contributed by atoms with Crippen LogP contribution in [0.15, 0.2) is 23.6 Å². The number of aromatic nitrogens is 1. The summed E-state index contributed by atoms with van der Waals surface area (Å²) >= 11 is 1.22. The Morgan fingerprint density at radius 2 is 2.39 bits per heavy atom. The van der Waals surface area contributed by atoms with E-state index in [0.717, 1.165) is 5.56 Å². The molecule has 0 unspecified atom stereocenters. The van der Waals surface area contributed by atoms with E-state index in [2.05, 4.69) is 4.98 Å². The Kier molecular flexibility index (Phi) is 4.70. The first kappa shape index (κ1) is 16.0. The summed E-state index contributed by atoms with van der Waals surface area (Å²) in [6.45, 7) is 3.60. The molecule has 5 nitrogen and oxygen atoms in total. The lowest BCUT2D eigenvalue weighted by Crippen LogP contribution is -2.52. The molecule has 0 spiro atoms. The Bertz CT molecular complexity index is 719. The fraction of sp³-hybridized carbons (Fsp3) is 0.375. The molecule has 3 rings (SSSR count). The van der Waals surface area contributed by atoms with Crippen LogP contribution in [0.1, 0.15) is 15.4 Å². The molecule has 1 aromatic carbocycles. The molecule has 1 aliphatic heterocycles. The van der Waals surface area contributed by atoms with E-state index in [4.69, 9.17) is 10.5 Å². The summed E-state index contributed by atoms with van der Waals surface area (Å²) < 4.78 is 19.4. The minimum Gasteiger partial charge on any atom is -0.377 e. The molecule has 23 heavy (non-hydrogen) atoms. The minimum absolute atomic E-state index is 0.139. The van der Waals surface area contributed by atoms with Gasteiger partial charge < -0.3 is 15.4 Å². The van der Waals surface area contributed by atoms with E-state index >= 15 is 0 Å². The number of aryl methyl sites for hydroxylation is 1. The fourth-order valence-electron chi connectivity index (χ4n) is 2.56. The number of carbonyl (C=O) groups excluding carboxylic acids is 1. The van der Waals surface area contributed by atoms with Crippen molar-refractivity contribution in [2.45, 2.75) is 13.0 Å². The molecule has 0 aliphatic carbocycles. The number of hydrogen-bond donors (Lipinski definition) is 1. The number of benzene rings is 1. The average molecular weight is 335 g/mol. The van der Waals surface area contributed by atoms with Gasteiger partial charge in [0.15, 0.2) is 5.01 Å². The Hall–Kier alpha value is -1.83. The van der Waals surface area contributed by atoms with Gasteiger partial charge in [-0.15, -0.1) is 11.3 Å². The molecule has 2 N–H and O–H groups in total. The lowest BCUT2D eigenvalue weighted by molar-refractivity contribution is 0.000830. The summed E-state index contributed by atoms with van der Waals surface area (Å²) in [6, 6.07) is 4.83. The van der Waals surface area contributed by atoms with Crippen molar-refractivity contribution in [3.8, 4) is 11.3 Å². The maximum atomic E-state index is 14.1. The largest absolute Gasteiger partial charge is 0.377 e. The van der Waals surface area contributed by atoms with Crippen molar-refractivity contribution in [1.82, 2.24) is 9.88 Å². The van der Waals surface area contributed by atoms with Gasteiger partial charge in [0.05, 0.1) is 24.9 Å². The van der Waals surface area contributed by atoms with Crippen LogP contribution in [0, 0.1) is 12.7 Å². The molecule has 7 heteroatoms. The molecule has 2 heterocycles. The number of halogens is 1. The third-order valence-electron chi connectivity index (χ3n) is 3.85. The van der Waals surface area contributed by atoms with E-state index in [1.807, 2.05) is 13.0 Å². The molecule has 1 aliphatic rings. The number of amides is 1. The smallest absolute Gasteiger partial charge is 0.283 e. The summed E-state index contributed by atoms with van der Waals surface area (Å²) in [6.07, 6.45) is 0. The molecule has 1 aromatic heterocycles. The third-order valence-corrected chi connectivity index (χ3v) is 4.68. The van der Waals surface area contributed by atoms with E-state index in [1.165, 1.54) is 17.4 Å². The lowest BCUT2D eigenvalue weighted by atomic mass is 10.1. The summed E-state index contributed by atoms with van der Waals surface area (Å²) in [4.78, 5) is 18.6. The maximum absolute atomic E-state index is 14.1. The van der Waals surface area contributed by atoms with Crippen LogP contribution in [-0.4, -0.2) is 48.1 Å². The zero-order valence-corrected chi connectivity index (χ0v) is 13.6. The molecule has 122 valence electrons. The number of carbonyl (C=O) groups is 1. The predicted octanol–water partition coefficient (Wildman–Crippen LogP) is 2.06. The number of rotatable bonds is 3. The molecule has 0 radical (unpaired) electrons. The van der Waals surface area contributed by atoms with Crippen LogP contribution in [-0.2, 0) is 4.74 Å². The number of hydrogen-bond acceptors (Lipinski definition) is 5. The van der Waals surface area contributed by atoms with E-state index in [9.17, 15) is 9.18 Å². The van der Waals surface area contributed by atoms with Gasteiger partial charge in [0, 0.05) is 24.0 Å². The Labute approximate surface area is 137 Å². The van der Waals surface area contributed by atoms with Crippen LogP contribution in [0.5, 0.6) is 0 Å². The first-order valence-electron chi connectivity index (χ1n) is 7.41. The summed E-state index contributed by atoms with van der Waals surface area (Å²) in [5.74, 6) is -0.506. The van der Waals surface area contributed by atoms with Crippen LogP contribution in [0.4, 0.5) is 4.39 Å². The number of thiazole rings is 1. The average Bonchev–Trinajstić information content (AvgIpc) is 3.03. The van der Waals surface area contributed by atoms with Crippen molar-refractivity contribution in [1.29, 1.82) is 0 Å². The highest BCUT2D eigenvalue weighted by molar-refractivity contribution is 7.12. The summed E-state index contributed by atoms with van der Waals surface area (Å²) in [7, 11) is 0. The van der Waals surface area contributed by atoms with Crippen molar-refractivity contribution in [3.05, 3.63) is 40.0 Å². The van der Waals surface area contributed by atoms with Gasteiger partial charge in [-0.1, -0.05) is 6.07 Å². The molecule has 1 saturated heterocycles. The Balaban J connectivity index is 1.85. The van der Waals surface area contributed by atoms with Crippen molar-refractivity contribution < 1.29 is 13.9 Å². The normalized spacial score (nSPS) is 18.2. The van der Waals surface area contributed by atoms with Gasteiger partial charge in [0.2, 0.25) is 0 Å². The number of nitrogens with zero attached hydrogens (tertiary/aromatic N) is 2. The molecule has 0 bridgehead atoms. The Morgan fingerprint density at radius 1 is 1.57 bits per heavy atom. The first-order valence-corrected chi connectivity index (χ1v) is 8.29. The minimum atomic E-state index is -0.333. The summed E-state index contributed by atoms with van der Waals surface area (Å²) in [5, 5.41) is 2.05. The summed E-state index contributed by atoms with van der Waals surface area (Å²) in [5.41, 5.74) is 7.43. The monoisotopic (exact) mass is 335 g/mol. The molecule has 1 amide bonds. The third kappa shape index (κ3) is 3.26. The van der Waals surface area contributed by atoms with Crippen LogP contribution >= 0.6 is 11.3 Å². The van der Waals surface area contributed by atoms with E-state index in [-0.39, 0.29) is 17.8 Å². The molecule has 2 aromatic rings. The second-order valence-electron chi connectivity index (χ2n) is 5.48. The van der Waals surface area contributed by atoms with Crippen molar-refractivity contribution in [2.75, 3.05) is 26.3 Å². The topological polar surface area (TPSA) is 68.5 Å². The van der Waals surface area contributed by atoms with Gasteiger partial charge >= 0.3 is 0 Å². The highest BCUT2D eigenvalue weighted by atomic mass is 32.1. The fourth-order valence-corrected chi connectivity index (χ4v) is 3.34. The molecular formula is C16H18FN3O2S. The van der Waals surface area contributed by atoms with Gasteiger partial charge in [0.25, 0.3) is 5.91 Å². The number of nitrogens with two attached hydrogens (primary N) is 1. The zero-order chi connectivity index (χ0) is 16.4. The van der Waals surface area contributed by atoms with Crippen LogP contribution < -0.4 is 5.73 Å². The SMILES string of the molecule is Cc1ccc(-c2csc(C(=O)N3CCOC[C@@H]3CN)n2)c(F)c1. The van der Waals surface area contributed by atoms with Crippen molar-refractivity contribution in [2.24, 2.45) is 5.73 Å². The molecular weight excluding hydrogens is 317 g/mol. The van der Waals surface area contributed by atoms with Crippen LogP contribution in [0.2, 0.25) is 0 Å². The van der Waals surface area contributed by atoms with Gasteiger partial charge in [-0.05, 0) is 24.6 Å². The number of morpholine rings is 1. The predicted molar refractivity (Wildman–Crippen MR) is 86.9 cm³/mol. The van der Waals surface area contributed by atoms with Crippen LogP contribution in [0.3, 0.4) is 0 Å². The second-order valence-corrected chi connectivity index (χ2v) is 6.34. The second kappa shape index (κ2) is 6.74. The molecule has 1 fully saturated rings. The first-order chi connectivity index (χ1) is 11.1. The van der Waals surface area contributed by atoms with Gasteiger partial charge in [0.1, 0.15) is 5.82 Å². The quantitative estimate of drug-likeness (QED) is 0.932. The van der Waals surface area contributed by atoms with E-state index in [0.29, 0.717) is 42.6 Å². The highest BCUT2D eigenvalue weighted by Gasteiger charge is 2.29. The van der Waals surface area contributed by atoms with Gasteiger partial charge in [-0.2, -0.15) is 0 Å². The van der Waals surface area contributed by atoms with Crippen molar-refractivity contribution >= 4 is 17.2 Å². The van der Waals surface area contributed by atoms with Crippen molar-refractivity contribution in [3.63, 3.8) is 0 Å². The van der Waals surface area contributed by atoms with Gasteiger partial charge in [-0.3, -0.25) is 4.79 Å². The highest BCUT2D eigenvalue weighted by Crippen LogP contribution is 2.26.